The van der Waals surface area contributed by atoms with Crippen molar-refractivity contribution in [3.63, 3.8) is 0 Å². The van der Waals surface area contributed by atoms with Crippen LogP contribution in [0.15, 0.2) is 6.33 Å². The first kappa shape index (κ1) is 14.2. The van der Waals surface area contributed by atoms with Crippen LogP contribution < -0.4 is 0 Å². The van der Waals surface area contributed by atoms with Crippen molar-refractivity contribution < 1.29 is 0 Å². The molecule has 6 nitrogen and oxygen atoms in total. The lowest BCUT2D eigenvalue weighted by atomic mass is 9.97. The normalized spacial score (nSPS) is 17.9. The number of unbranched alkanes of at least 4 members (excludes halogenated alkanes) is 2. The van der Waals surface area contributed by atoms with Crippen molar-refractivity contribution in [3.05, 3.63) is 23.8 Å². The smallest absolute Gasteiger partial charge is 0.150 e. The van der Waals surface area contributed by atoms with Gasteiger partial charge in [-0.2, -0.15) is 10.2 Å². The van der Waals surface area contributed by atoms with Gasteiger partial charge in [0.25, 0.3) is 0 Å². The number of nitrogens with zero attached hydrogens (tertiary/aromatic N) is 6. The highest BCUT2D eigenvalue weighted by Crippen LogP contribution is 2.27. The average Bonchev–Trinajstić information content (AvgIpc) is 3.12. The molecule has 0 saturated heterocycles. The Morgan fingerprint density at radius 2 is 2.19 bits per heavy atom. The van der Waals surface area contributed by atoms with E-state index in [1.165, 1.54) is 19.3 Å². The molecule has 0 fully saturated rings. The van der Waals surface area contributed by atoms with Crippen LogP contribution in [0.2, 0.25) is 0 Å². The van der Waals surface area contributed by atoms with Crippen LogP contribution in [-0.4, -0.2) is 29.5 Å². The summed E-state index contributed by atoms with van der Waals surface area (Å²) in [5.41, 5.74) is 0. The maximum Gasteiger partial charge on any atom is 0.150 e. The average molecular weight is 288 g/mol. The SMILES string of the molecule is CCCCCc1nc(C2CCn3ncnc3C2)n(CC)n1. The maximum absolute atomic E-state index is 4.83. The van der Waals surface area contributed by atoms with Gasteiger partial charge in [-0.15, -0.1) is 0 Å². The second kappa shape index (κ2) is 6.37. The summed E-state index contributed by atoms with van der Waals surface area (Å²) in [5, 5.41) is 8.93. The highest BCUT2D eigenvalue weighted by atomic mass is 15.4. The van der Waals surface area contributed by atoms with E-state index in [9.17, 15) is 0 Å². The van der Waals surface area contributed by atoms with Crippen LogP contribution in [0.3, 0.4) is 0 Å². The van der Waals surface area contributed by atoms with Gasteiger partial charge in [-0.25, -0.2) is 14.6 Å². The predicted molar refractivity (Wildman–Crippen MR) is 80.0 cm³/mol. The van der Waals surface area contributed by atoms with E-state index < -0.39 is 0 Å². The Labute approximate surface area is 125 Å². The molecule has 2 aromatic rings. The Bertz CT molecular complexity index is 585. The molecule has 1 aliphatic heterocycles. The molecule has 0 aliphatic carbocycles. The maximum atomic E-state index is 4.83. The first-order chi connectivity index (χ1) is 10.3. The van der Waals surface area contributed by atoms with Crippen molar-refractivity contribution in [1.29, 1.82) is 0 Å². The van der Waals surface area contributed by atoms with E-state index >= 15 is 0 Å². The van der Waals surface area contributed by atoms with Crippen molar-refractivity contribution in [2.45, 2.75) is 71.4 Å². The number of fused-ring (bicyclic) bond motifs is 1. The zero-order valence-electron chi connectivity index (χ0n) is 13.0. The van der Waals surface area contributed by atoms with Crippen molar-refractivity contribution in [1.82, 2.24) is 29.5 Å². The van der Waals surface area contributed by atoms with Crippen LogP contribution in [0.1, 0.15) is 62.9 Å². The van der Waals surface area contributed by atoms with E-state index in [1.54, 1.807) is 6.33 Å². The molecule has 0 radical (unpaired) electrons. The molecule has 0 N–H and O–H groups in total. The van der Waals surface area contributed by atoms with Crippen molar-refractivity contribution in [2.75, 3.05) is 0 Å². The third-order valence-corrected chi connectivity index (χ3v) is 4.23. The van der Waals surface area contributed by atoms with E-state index in [0.29, 0.717) is 5.92 Å². The Balaban J connectivity index is 1.75. The van der Waals surface area contributed by atoms with Gasteiger partial charge in [0.1, 0.15) is 18.0 Å². The highest BCUT2D eigenvalue weighted by molar-refractivity contribution is 5.07. The molecule has 114 valence electrons. The third kappa shape index (κ3) is 2.99. The number of aryl methyl sites for hydroxylation is 3. The van der Waals surface area contributed by atoms with Crippen LogP contribution in [-0.2, 0) is 25.9 Å². The zero-order chi connectivity index (χ0) is 14.7. The van der Waals surface area contributed by atoms with Crippen LogP contribution in [0.5, 0.6) is 0 Å². The summed E-state index contributed by atoms with van der Waals surface area (Å²) in [6.07, 6.45) is 8.32. The summed E-state index contributed by atoms with van der Waals surface area (Å²) in [6.45, 7) is 6.18. The quantitative estimate of drug-likeness (QED) is 0.766. The van der Waals surface area contributed by atoms with Gasteiger partial charge in [0.05, 0.1) is 0 Å². The molecule has 6 heteroatoms. The molecule has 1 atom stereocenters. The molecular weight excluding hydrogens is 264 g/mol. The zero-order valence-corrected chi connectivity index (χ0v) is 13.0. The second-order valence-electron chi connectivity index (χ2n) is 5.75. The van der Waals surface area contributed by atoms with Crippen molar-refractivity contribution >= 4 is 0 Å². The van der Waals surface area contributed by atoms with Gasteiger partial charge < -0.3 is 0 Å². The fraction of sp³-hybridized carbons (Fsp3) is 0.733. The van der Waals surface area contributed by atoms with Crippen LogP contribution in [0, 0.1) is 0 Å². The van der Waals surface area contributed by atoms with E-state index in [1.807, 2.05) is 4.68 Å². The Morgan fingerprint density at radius 1 is 1.29 bits per heavy atom. The largest absolute Gasteiger partial charge is 0.250 e. The van der Waals surface area contributed by atoms with Crippen molar-refractivity contribution in [3.8, 4) is 0 Å². The van der Waals surface area contributed by atoms with E-state index in [4.69, 9.17) is 4.98 Å². The monoisotopic (exact) mass is 288 g/mol. The second-order valence-corrected chi connectivity index (χ2v) is 5.75. The molecule has 0 amide bonds. The summed E-state index contributed by atoms with van der Waals surface area (Å²) in [7, 11) is 0. The van der Waals surface area contributed by atoms with Gasteiger partial charge in [0.2, 0.25) is 0 Å². The fourth-order valence-electron chi connectivity index (χ4n) is 3.03. The summed E-state index contributed by atoms with van der Waals surface area (Å²) >= 11 is 0. The topological polar surface area (TPSA) is 61.4 Å². The first-order valence-electron chi connectivity index (χ1n) is 8.12. The molecule has 0 spiro atoms. The minimum Gasteiger partial charge on any atom is -0.250 e. The molecule has 1 unspecified atom stereocenters. The molecule has 0 saturated carbocycles. The van der Waals surface area contributed by atoms with E-state index in [0.717, 1.165) is 49.8 Å². The predicted octanol–water partition coefficient (Wildman–Crippen LogP) is 2.35. The lowest BCUT2D eigenvalue weighted by molar-refractivity contribution is 0.407. The molecule has 3 rings (SSSR count). The molecular formula is C15H24N6. The number of hydrogen-bond donors (Lipinski definition) is 0. The number of hydrogen-bond acceptors (Lipinski definition) is 4. The van der Waals surface area contributed by atoms with Gasteiger partial charge in [-0.3, -0.25) is 4.68 Å². The van der Waals surface area contributed by atoms with E-state index in [-0.39, 0.29) is 0 Å². The molecule has 0 aromatic carbocycles. The van der Waals surface area contributed by atoms with Crippen LogP contribution in [0.25, 0.3) is 0 Å². The standard InChI is InChI=1S/C15H24N6/c1-3-5-6-7-13-18-15(20(4-2)19-13)12-8-9-21-14(10-12)16-11-17-21/h11-12H,3-10H2,1-2H3. The lowest BCUT2D eigenvalue weighted by Gasteiger charge is -2.21. The van der Waals surface area contributed by atoms with Crippen LogP contribution in [0.4, 0.5) is 0 Å². The van der Waals surface area contributed by atoms with Gasteiger partial charge in [-0.1, -0.05) is 19.8 Å². The molecule has 3 heterocycles. The summed E-state index contributed by atoms with van der Waals surface area (Å²) in [4.78, 5) is 9.18. The minimum atomic E-state index is 0.425. The lowest BCUT2D eigenvalue weighted by Crippen LogP contribution is -2.22. The van der Waals surface area contributed by atoms with E-state index in [2.05, 4.69) is 33.7 Å². The Morgan fingerprint density at radius 3 is 3.00 bits per heavy atom. The van der Waals surface area contributed by atoms with Crippen molar-refractivity contribution in [2.24, 2.45) is 0 Å². The Hall–Kier alpha value is -1.72. The number of rotatable bonds is 6. The highest BCUT2D eigenvalue weighted by Gasteiger charge is 2.26. The van der Waals surface area contributed by atoms with Gasteiger partial charge in [-0.05, 0) is 19.8 Å². The fourth-order valence-corrected chi connectivity index (χ4v) is 3.03. The summed E-state index contributed by atoms with van der Waals surface area (Å²) < 4.78 is 4.09. The summed E-state index contributed by atoms with van der Waals surface area (Å²) in [5.74, 6) is 3.64. The number of aromatic nitrogens is 6. The molecule has 0 bridgehead atoms. The van der Waals surface area contributed by atoms with Gasteiger partial charge in [0, 0.05) is 31.8 Å². The van der Waals surface area contributed by atoms with Crippen LogP contribution >= 0.6 is 0 Å². The first-order valence-corrected chi connectivity index (χ1v) is 8.12. The minimum absolute atomic E-state index is 0.425. The molecule has 1 aliphatic rings. The van der Waals surface area contributed by atoms with Gasteiger partial charge >= 0.3 is 0 Å². The molecule has 2 aromatic heterocycles. The summed E-state index contributed by atoms with van der Waals surface area (Å²) in [6, 6.07) is 0. The Kier molecular flexibility index (Phi) is 4.31. The molecule has 21 heavy (non-hydrogen) atoms. The van der Waals surface area contributed by atoms with Gasteiger partial charge in [0.15, 0.2) is 5.82 Å². The third-order valence-electron chi connectivity index (χ3n) is 4.23.